The average molecular weight is 519 g/mol. The first-order valence-electron chi connectivity index (χ1n) is 8.42. The molecule has 2 aromatic rings. The highest BCUT2D eigenvalue weighted by Gasteiger charge is 2.64. The van der Waals surface area contributed by atoms with Gasteiger partial charge in [0, 0.05) is 5.54 Å². The number of carboxylic acid groups (broad SMARTS) is 1. The zero-order valence-corrected chi connectivity index (χ0v) is 17.9. The molecule has 0 radical (unpaired) electrons. The van der Waals surface area contributed by atoms with Gasteiger partial charge in [0.1, 0.15) is 6.33 Å². The van der Waals surface area contributed by atoms with Crippen LogP contribution >= 0.6 is 22.6 Å². The number of carbonyl (C=O) groups is 1. The maximum absolute atomic E-state index is 14.9. The second kappa shape index (κ2) is 7.01. The Bertz CT molecular complexity index is 1000. The van der Waals surface area contributed by atoms with Crippen LogP contribution in [0.15, 0.2) is 12.7 Å². The lowest BCUT2D eigenvalue weighted by Gasteiger charge is -2.32. The van der Waals surface area contributed by atoms with Crippen LogP contribution in [-0.4, -0.2) is 68.5 Å². The van der Waals surface area contributed by atoms with Crippen molar-refractivity contribution >= 4 is 45.7 Å². The molecular weight excluding hydrogens is 500 g/mol. The number of hydrogen-bond donors (Lipinski definition) is 3. The molecule has 10 nitrogen and oxygen atoms in total. The molecule has 3 heterocycles. The van der Waals surface area contributed by atoms with Gasteiger partial charge in [0.05, 0.1) is 10.8 Å². The van der Waals surface area contributed by atoms with Crippen LogP contribution in [0, 0.1) is 12.3 Å². The van der Waals surface area contributed by atoms with Crippen molar-refractivity contribution in [3.8, 4) is 12.3 Å². The molecule has 3 rings (SSSR count). The van der Waals surface area contributed by atoms with Gasteiger partial charge in [-0.1, -0.05) is 28.5 Å². The first-order valence-corrected chi connectivity index (χ1v) is 9.95. The number of amides is 1. The second-order valence-electron chi connectivity index (χ2n) is 7.57. The molecule has 156 valence electrons. The predicted molar refractivity (Wildman–Crippen MR) is 108 cm³/mol. The summed E-state index contributed by atoms with van der Waals surface area (Å²) in [5.41, 5.74) is -3.14. The number of aliphatic hydroxyl groups excluding tert-OH is 1. The summed E-state index contributed by atoms with van der Waals surface area (Å²) < 4.78 is 21.1. The smallest absolute Gasteiger partial charge is 0.413 e. The quantitative estimate of drug-likeness (QED) is 0.316. The van der Waals surface area contributed by atoms with Crippen LogP contribution in [0.5, 0.6) is 0 Å². The van der Waals surface area contributed by atoms with E-state index in [1.807, 2.05) is 5.92 Å². The van der Waals surface area contributed by atoms with E-state index in [9.17, 15) is 24.5 Å². The number of fused-ring (bicyclic) bond motifs is 1. The zero-order chi connectivity index (χ0) is 21.8. The lowest BCUT2D eigenvalue weighted by atomic mass is 9.94. The van der Waals surface area contributed by atoms with Crippen molar-refractivity contribution in [1.29, 1.82) is 0 Å². The number of rotatable bonds is 3. The third kappa shape index (κ3) is 3.21. The molecule has 12 heteroatoms. The van der Waals surface area contributed by atoms with Crippen LogP contribution in [0.2, 0.25) is 0 Å². The van der Waals surface area contributed by atoms with Crippen molar-refractivity contribution in [2.24, 2.45) is 0 Å². The highest BCUT2D eigenvalue weighted by molar-refractivity contribution is 14.1. The number of nitrogens with zero attached hydrogens (tertiary/aromatic N) is 5. The Morgan fingerprint density at radius 1 is 1.48 bits per heavy atom. The lowest BCUT2D eigenvalue weighted by Crippen LogP contribution is -2.49. The van der Waals surface area contributed by atoms with E-state index in [2.05, 4.69) is 15.0 Å². The van der Waals surface area contributed by atoms with Gasteiger partial charge in [0.25, 0.3) is 0 Å². The van der Waals surface area contributed by atoms with Crippen molar-refractivity contribution in [2.75, 3.05) is 9.33 Å². The molecule has 0 unspecified atom stereocenters. The van der Waals surface area contributed by atoms with Gasteiger partial charge in [-0.2, -0.15) is 0 Å². The second-order valence-corrected chi connectivity index (χ2v) is 8.34. The summed E-state index contributed by atoms with van der Waals surface area (Å²) in [7, 11) is 0. The summed E-state index contributed by atoms with van der Waals surface area (Å²) in [6.07, 6.45) is 2.84. The van der Waals surface area contributed by atoms with Gasteiger partial charge < -0.3 is 20.1 Å². The van der Waals surface area contributed by atoms with Crippen LogP contribution in [0.4, 0.5) is 15.0 Å². The van der Waals surface area contributed by atoms with Gasteiger partial charge in [-0.15, -0.1) is 6.42 Å². The minimum atomic E-state index is -2.60. The van der Waals surface area contributed by atoms with Crippen LogP contribution in [0.1, 0.15) is 27.0 Å². The van der Waals surface area contributed by atoms with Crippen molar-refractivity contribution in [3.63, 3.8) is 0 Å². The van der Waals surface area contributed by atoms with E-state index in [-0.39, 0.29) is 21.4 Å². The van der Waals surface area contributed by atoms with Crippen LogP contribution in [0.25, 0.3) is 11.2 Å². The fourth-order valence-corrected chi connectivity index (χ4v) is 3.79. The fraction of sp³-hybridized carbons (Fsp3) is 0.529. The Morgan fingerprint density at radius 2 is 2.14 bits per heavy atom. The van der Waals surface area contributed by atoms with Gasteiger partial charge in [0.15, 0.2) is 29.3 Å². The molecule has 0 saturated carbocycles. The van der Waals surface area contributed by atoms with Gasteiger partial charge in [-0.05, 0) is 20.8 Å². The summed E-state index contributed by atoms with van der Waals surface area (Å²) >= 11 is 1.67. The van der Waals surface area contributed by atoms with Gasteiger partial charge in [-0.3, -0.25) is 9.47 Å². The van der Waals surface area contributed by atoms with Crippen LogP contribution in [0.3, 0.4) is 0 Å². The monoisotopic (exact) mass is 519 g/mol. The van der Waals surface area contributed by atoms with Crippen molar-refractivity contribution < 1.29 is 29.2 Å². The molecule has 2 aromatic heterocycles. The number of terminal acetylenes is 1. The third-order valence-electron chi connectivity index (χ3n) is 4.59. The molecule has 1 aliphatic heterocycles. The van der Waals surface area contributed by atoms with Crippen molar-refractivity contribution in [2.45, 2.75) is 50.1 Å². The molecular formula is C17H19FIN5O5. The Labute approximate surface area is 178 Å². The average Bonchev–Trinajstić information content (AvgIpc) is 3.15. The highest BCUT2D eigenvalue weighted by Crippen LogP contribution is 2.47. The summed E-state index contributed by atoms with van der Waals surface area (Å²) in [6.45, 7) is 5.03. The maximum atomic E-state index is 14.9. The molecule has 29 heavy (non-hydrogen) atoms. The van der Waals surface area contributed by atoms with E-state index in [4.69, 9.17) is 11.2 Å². The number of imidazole rings is 1. The minimum Gasteiger partial charge on any atom is -0.465 e. The Balaban J connectivity index is 2.19. The Morgan fingerprint density at radius 3 is 2.66 bits per heavy atom. The molecule has 1 saturated heterocycles. The topological polar surface area (TPSA) is 134 Å². The summed E-state index contributed by atoms with van der Waals surface area (Å²) in [5.74, 6) is -0.600. The number of hydrogen-bond acceptors (Lipinski definition) is 7. The molecule has 0 bridgehead atoms. The van der Waals surface area contributed by atoms with Gasteiger partial charge >= 0.3 is 6.09 Å². The Kier molecular flexibility index (Phi) is 5.23. The summed E-state index contributed by atoms with van der Waals surface area (Å²) in [6, 6.07) is 0. The lowest BCUT2D eigenvalue weighted by molar-refractivity contribution is -0.167. The molecule has 1 fully saturated rings. The van der Waals surface area contributed by atoms with E-state index in [1.165, 1.54) is 6.33 Å². The minimum absolute atomic E-state index is 0.00283. The largest absolute Gasteiger partial charge is 0.465 e. The van der Waals surface area contributed by atoms with Gasteiger partial charge in [-0.25, -0.2) is 24.1 Å². The molecule has 0 spiro atoms. The number of halogens is 2. The number of ether oxygens (including phenoxy) is 1. The molecule has 3 N–H and O–H groups in total. The van der Waals surface area contributed by atoms with Gasteiger partial charge in [0.2, 0.25) is 11.5 Å². The SMILES string of the molecule is C#C[C@]1(O)[C@H](n2cnc3c(N(C(=O)O)C(C)(C)C)ncnc32)O[C@](F)(CI)[C@H]1O. The van der Waals surface area contributed by atoms with E-state index in [0.717, 1.165) is 15.8 Å². The van der Waals surface area contributed by atoms with Crippen LogP contribution in [-0.2, 0) is 4.74 Å². The third-order valence-corrected chi connectivity index (χ3v) is 5.63. The predicted octanol–water partition coefficient (Wildman–Crippen LogP) is 1.46. The molecule has 1 aliphatic rings. The number of alkyl halides is 2. The van der Waals surface area contributed by atoms with Crippen molar-refractivity contribution in [1.82, 2.24) is 19.5 Å². The van der Waals surface area contributed by atoms with E-state index < -0.39 is 35.4 Å². The fourth-order valence-electron chi connectivity index (χ4n) is 3.20. The van der Waals surface area contributed by atoms with Crippen LogP contribution < -0.4 is 4.90 Å². The van der Waals surface area contributed by atoms with E-state index >= 15 is 0 Å². The molecule has 0 aromatic carbocycles. The summed E-state index contributed by atoms with van der Waals surface area (Å²) in [4.78, 5) is 25.1. The number of aliphatic hydroxyl groups is 2. The molecule has 1 amide bonds. The maximum Gasteiger partial charge on any atom is 0.413 e. The van der Waals surface area contributed by atoms with E-state index in [0.29, 0.717) is 0 Å². The molecule has 0 aliphatic carbocycles. The number of aromatic nitrogens is 4. The van der Waals surface area contributed by atoms with E-state index in [1.54, 1.807) is 43.4 Å². The first-order chi connectivity index (χ1) is 13.4. The zero-order valence-electron chi connectivity index (χ0n) is 15.7. The Hall–Kier alpha value is -2.08. The normalized spacial score (nSPS) is 29.7. The number of anilines is 1. The summed E-state index contributed by atoms with van der Waals surface area (Å²) in [5, 5.41) is 30.7. The highest BCUT2D eigenvalue weighted by atomic mass is 127. The first kappa shape index (κ1) is 21.6. The van der Waals surface area contributed by atoms with Crippen molar-refractivity contribution in [3.05, 3.63) is 12.7 Å². The standard InChI is InChI=1S/C17H19FIN5O5/c1-5-16(28)12(25)17(18,6-19)29-13(16)23-8-22-9-10(23)20-7-21-11(9)24(14(26)27)15(2,3)4/h1,7-8,12-13,25,28H,6H2,2-4H3,(H,26,27)/t12-,13+,16+,17+/m0/s1. The molecule has 4 atom stereocenters.